The van der Waals surface area contributed by atoms with E-state index in [1.54, 1.807) is 11.3 Å². The molecule has 8 heteroatoms. The molecule has 0 spiro atoms. The fraction of sp³-hybridized carbons (Fsp3) is 0.643. The summed E-state index contributed by atoms with van der Waals surface area (Å²) >= 11 is 1.67. The van der Waals surface area contributed by atoms with Crippen LogP contribution in [0.2, 0.25) is 0 Å². The van der Waals surface area contributed by atoms with Crippen LogP contribution in [0.25, 0.3) is 0 Å². The smallest absolute Gasteiger partial charge is 0.346 e. The Morgan fingerprint density at radius 3 is 2.59 bits per heavy atom. The number of amides is 1. The SMILES string of the molecule is C[C@H](c1ccsc1)N1CCN(CC(=O)NCC(F)(F)F)CC1. The summed E-state index contributed by atoms with van der Waals surface area (Å²) in [4.78, 5) is 15.7. The molecule has 0 saturated carbocycles. The number of alkyl halides is 3. The molecule has 0 radical (unpaired) electrons. The van der Waals surface area contributed by atoms with Crippen molar-refractivity contribution in [2.24, 2.45) is 0 Å². The lowest BCUT2D eigenvalue weighted by Crippen LogP contribution is -2.50. The molecule has 2 heterocycles. The molecule has 0 aliphatic carbocycles. The Balaban J connectivity index is 1.72. The molecule has 1 saturated heterocycles. The largest absolute Gasteiger partial charge is 0.405 e. The molecule has 1 amide bonds. The number of thiophene rings is 1. The molecule has 0 aromatic carbocycles. The maximum absolute atomic E-state index is 12.0. The number of carbonyl (C=O) groups excluding carboxylic acids is 1. The topological polar surface area (TPSA) is 35.6 Å². The minimum absolute atomic E-state index is 0.0246. The summed E-state index contributed by atoms with van der Waals surface area (Å²) in [6, 6.07) is 2.43. The molecule has 22 heavy (non-hydrogen) atoms. The van der Waals surface area contributed by atoms with Crippen LogP contribution in [-0.4, -0.2) is 61.2 Å². The predicted octanol–water partition coefficient (Wildman–Crippen LogP) is 2.11. The van der Waals surface area contributed by atoms with Gasteiger partial charge in [-0.25, -0.2) is 0 Å². The van der Waals surface area contributed by atoms with Gasteiger partial charge in [0.15, 0.2) is 0 Å². The predicted molar refractivity (Wildman–Crippen MR) is 79.8 cm³/mol. The Bertz CT molecular complexity index is 470. The van der Waals surface area contributed by atoms with Gasteiger partial charge in [-0.1, -0.05) is 0 Å². The first kappa shape index (κ1) is 17.2. The molecule has 4 nitrogen and oxygen atoms in total. The van der Waals surface area contributed by atoms with Crippen LogP contribution >= 0.6 is 11.3 Å². The highest BCUT2D eigenvalue weighted by Crippen LogP contribution is 2.23. The molecule has 1 atom stereocenters. The van der Waals surface area contributed by atoms with Crippen LogP contribution in [0.4, 0.5) is 13.2 Å². The zero-order valence-corrected chi connectivity index (χ0v) is 13.2. The van der Waals surface area contributed by atoms with Gasteiger partial charge in [0.1, 0.15) is 6.54 Å². The molecule has 1 N–H and O–H groups in total. The van der Waals surface area contributed by atoms with Crippen LogP contribution in [-0.2, 0) is 4.79 Å². The summed E-state index contributed by atoms with van der Waals surface area (Å²) in [5.41, 5.74) is 1.28. The van der Waals surface area contributed by atoms with Gasteiger partial charge in [0.25, 0.3) is 0 Å². The van der Waals surface area contributed by atoms with Crippen LogP contribution in [0.3, 0.4) is 0 Å². The van der Waals surface area contributed by atoms with Crippen molar-refractivity contribution in [1.29, 1.82) is 0 Å². The second-order valence-corrected chi connectivity index (χ2v) is 6.22. The number of nitrogens with one attached hydrogen (secondary N) is 1. The summed E-state index contributed by atoms with van der Waals surface area (Å²) in [5, 5.41) is 6.08. The van der Waals surface area contributed by atoms with E-state index in [-0.39, 0.29) is 6.54 Å². The summed E-state index contributed by atoms with van der Waals surface area (Å²) < 4.78 is 36.1. The maximum Gasteiger partial charge on any atom is 0.405 e. The number of halogens is 3. The molecule has 124 valence electrons. The summed E-state index contributed by atoms with van der Waals surface area (Å²) in [5.74, 6) is -0.573. The molecule has 1 fully saturated rings. The first-order valence-corrected chi connectivity index (χ1v) is 8.11. The average molecular weight is 335 g/mol. The van der Waals surface area contributed by atoms with Crippen molar-refractivity contribution in [3.8, 4) is 0 Å². The number of rotatable bonds is 5. The molecular weight excluding hydrogens is 315 g/mol. The third-order valence-electron chi connectivity index (χ3n) is 3.83. The van der Waals surface area contributed by atoms with Gasteiger partial charge in [-0.2, -0.15) is 24.5 Å². The minimum Gasteiger partial charge on any atom is -0.346 e. The Kier molecular flexibility index (Phi) is 5.82. The Morgan fingerprint density at radius 2 is 2.05 bits per heavy atom. The van der Waals surface area contributed by atoms with Crippen molar-refractivity contribution in [1.82, 2.24) is 15.1 Å². The monoisotopic (exact) mass is 335 g/mol. The standard InChI is InChI=1S/C14H20F3N3OS/c1-11(12-2-7-22-9-12)20-5-3-19(4-6-20)8-13(21)18-10-14(15,16)17/h2,7,9,11H,3-6,8,10H2,1H3,(H,18,21)/t11-/m1/s1. The van der Waals surface area contributed by atoms with E-state index in [4.69, 9.17) is 0 Å². The number of hydrogen-bond donors (Lipinski definition) is 1. The lowest BCUT2D eigenvalue weighted by Gasteiger charge is -2.37. The van der Waals surface area contributed by atoms with Crippen molar-refractivity contribution in [3.05, 3.63) is 22.4 Å². The second kappa shape index (κ2) is 7.43. The maximum atomic E-state index is 12.0. The van der Waals surface area contributed by atoms with Crippen LogP contribution in [0.1, 0.15) is 18.5 Å². The number of piperazine rings is 1. The molecule has 1 aliphatic heterocycles. The number of nitrogens with zero attached hydrogens (tertiary/aromatic N) is 2. The van der Waals surface area contributed by atoms with E-state index in [2.05, 4.69) is 23.3 Å². The van der Waals surface area contributed by atoms with E-state index >= 15 is 0 Å². The van der Waals surface area contributed by atoms with Crippen LogP contribution in [0.5, 0.6) is 0 Å². The molecule has 2 rings (SSSR count). The molecule has 0 unspecified atom stereocenters. The normalized spacial score (nSPS) is 19.1. The summed E-state index contributed by atoms with van der Waals surface area (Å²) in [6.45, 7) is 3.90. The van der Waals surface area contributed by atoms with Gasteiger partial charge in [-0.3, -0.25) is 14.6 Å². The summed E-state index contributed by atoms with van der Waals surface area (Å²) in [6.07, 6.45) is -4.36. The lowest BCUT2D eigenvalue weighted by atomic mass is 10.1. The van der Waals surface area contributed by atoms with Gasteiger partial charge < -0.3 is 5.32 Å². The van der Waals surface area contributed by atoms with Gasteiger partial charge in [-0.05, 0) is 29.3 Å². The molecule has 1 aromatic heterocycles. The first-order chi connectivity index (χ1) is 10.3. The molecular formula is C14H20F3N3OS. The van der Waals surface area contributed by atoms with Crippen LogP contribution in [0.15, 0.2) is 16.8 Å². The minimum atomic E-state index is -4.36. The number of carbonyl (C=O) groups is 1. The highest BCUT2D eigenvalue weighted by Gasteiger charge is 2.28. The van der Waals surface area contributed by atoms with Gasteiger partial charge >= 0.3 is 6.18 Å². The van der Waals surface area contributed by atoms with Crippen molar-refractivity contribution in [2.45, 2.75) is 19.1 Å². The van der Waals surface area contributed by atoms with Gasteiger partial charge in [0.2, 0.25) is 5.91 Å². The van der Waals surface area contributed by atoms with Gasteiger partial charge in [0, 0.05) is 32.2 Å². The van der Waals surface area contributed by atoms with Gasteiger partial charge in [-0.15, -0.1) is 0 Å². The Labute approximate surface area is 131 Å². The summed E-state index contributed by atoms with van der Waals surface area (Å²) in [7, 11) is 0. The second-order valence-electron chi connectivity index (χ2n) is 5.44. The lowest BCUT2D eigenvalue weighted by molar-refractivity contribution is -0.139. The van der Waals surface area contributed by atoms with E-state index in [9.17, 15) is 18.0 Å². The van der Waals surface area contributed by atoms with E-state index in [0.717, 1.165) is 13.1 Å². The van der Waals surface area contributed by atoms with Crippen molar-refractivity contribution in [2.75, 3.05) is 39.3 Å². The fourth-order valence-corrected chi connectivity index (χ4v) is 3.24. The Morgan fingerprint density at radius 1 is 1.36 bits per heavy atom. The molecule has 1 aliphatic rings. The van der Waals surface area contributed by atoms with Crippen molar-refractivity contribution >= 4 is 17.2 Å². The van der Waals surface area contributed by atoms with E-state index in [1.165, 1.54) is 5.56 Å². The van der Waals surface area contributed by atoms with E-state index in [0.29, 0.717) is 19.1 Å². The van der Waals surface area contributed by atoms with Crippen LogP contribution < -0.4 is 5.32 Å². The molecule has 1 aromatic rings. The quantitative estimate of drug-likeness (QED) is 0.895. The number of hydrogen-bond acceptors (Lipinski definition) is 4. The van der Waals surface area contributed by atoms with Crippen molar-refractivity contribution in [3.63, 3.8) is 0 Å². The first-order valence-electron chi connectivity index (χ1n) is 7.17. The zero-order chi connectivity index (χ0) is 16.2. The zero-order valence-electron chi connectivity index (χ0n) is 12.4. The average Bonchev–Trinajstić information content (AvgIpc) is 2.99. The Hall–Kier alpha value is -1.12. The fourth-order valence-electron chi connectivity index (χ4n) is 2.49. The third-order valence-corrected chi connectivity index (χ3v) is 4.53. The van der Waals surface area contributed by atoms with Crippen molar-refractivity contribution < 1.29 is 18.0 Å². The van der Waals surface area contributed by atoms with Crippen LogP contribution in [0, 0.1) is 0 Å². The van der Waals surface area contributed by atoms with E-state index < -0.39 is 18.6 Å². The van der Waals surface area contributed by atoms with E-state index in [1.807, 2.05) is 15.6 Å². The highest BCUT2D eigenvalue weighted by atomic mass is 32.1. The molecule has 0 bridgehead atoms. The third kappa shape index (κ3) is 5.26. The highest BCUT2D eigenvalue weighted by molar-refractivity contribution is 7.07. The van der Waals surface area contributed by atoms with Gasteiger partial charge in [0.05, 0.1) is 6.54 Å².